The van der Waals surface area contributed by atoms with E-state index in [2.05, 4.69) is 69.3 Å². The topological polar surface area (TPSA) is 26.3 Å². The van der Waals surface area contributed by atoms with E-state index in [1.165, 1.54) is 10.4 Å². The van der Waals surface area contributed by atoms with E-state index in [0.29, 0.717) is 19.4 Å². The number of benzene rings is 2. The highest BCUT2D eigenvalue weighted by molar-refractivity contribution is 6.99. The molecule has 128 valence electrons. The van der Waals surface area contributed by atoms with Gasteiger partial charge in [-0.15, -0.1) is 0 Å². The summed E-state index contributed by atoms with van der Waals surface area (Å²) in [6, 6.07) is 21.0. The van der Waals surface area contributed by atoms with Gasteiger partial charge in [0.15, 0.2) is 0 Å². The minimum atomic E-state index is -2.48. The lowest BCUT2D eigenvalue weighted by atomic mass is 10.2. The highest BCUT2D eigenvalue weighted by atomic mass is 35.5. The van der Waals surface area contributed by atoms with Gasteiger partial charge in [0.05, 0.1) is 0 Å². The van der Waals surface area contributed by atoms with Gasteiger partial charge >= 0.3 is 0 Å². The molecule has 0 saturated carbocycles. The molecule has 0 saturated heterocycles. The Bertz CT molecular complexity index is 611. The molecule has 4 heteroatoms. The molecule has 0 heterocycles. The Morgan fingerprint density at radius 2 is 1.42 bits per heavy atom. The summed E-state index contributed by atoms with van der Waals surface area (Å²) in [5.74, 6) is 0. The first-order valence-electron chi connectivity index (χ1n) is 8.31. The number of carbonyl (C=O) groups is 1. The largest absolute Gasteiger partial charge is 0.407 e. The molecule has 0 N–H and O–H groups in total. The standard InChI is InChI=1S/C20H25ClO2Si/c1-20(2,3)24(17-11-6-4-7-12-17,18-13-8-5-9-14-18)23-16-10-15-19(21)22/h4-9,11-14H,10,15-16H2,1-3H3. The molecule has 2 rings (SSSR count). The van der Waals surface area contributed by atoms with Crippen molar-refractivity contribution < 1.29 is 9.22 Å². The summed E-state index contributed by atoms with van der Waals surface area (Å²) >= 11 is 5.47. The van der Waals surface area contributed by atoms with Crippen molar-refractivity contribution in [3.8, 4) is 0 Å². The van der Waals surface area contributed by atoms with E-state index in [1.807, 2.05) is 12.1 Å². The Labute approximate surface area is 150 Å². The molecule has 2 nitrogen and oxygen atoms in total. The smallest absolute Gasteiger partial charge is 0.261 e. The monoisotopic (exact) mass is 360 g/mol. The Kier molecular flexibility index (Phi) is 6.38. The van der Waals surface area contributed by atoms with Crippen LogP contribution in [0.5, 0.6) is 0 Å². The van der Waals surface area contributed by atoms with E-state index < -0.39 is 8.32 Å². The molecule has 0 radical (unpaired) electrons. The van der Waals surface area contributed by atoms with Crippen molar-refractivity contribution in [1.82, 2.24) is 0 Å². The fourth-order valence-electron chi connectivity index (χ4n) is 3.20. The van der Waals surface area contributed by atoms with Crippen LogP contribution in [-0.4, -0.2) is 20.2 Å². The Balaban J connectivity index is 2.47. The predicted octanol–water partition coefficient (Wildman–Crippen LogP) is 4.11. The van der Waals surface area contributed by atoms with Gasteiger partial charge in [-0.3, -0.25) is 4.79 Å². The van der Waals surface area contributed by atoms with Crippen LogP contribution < -0.4 is 10.4 Å². The first kappa shape index (κ1) is 18.9. The van der Waals surface area contributed by atoms with Crippen LogP contribution >= 0.6 is 11.6 Å². The van der Waals surface area contributed by atoms with Crippen LogP contribution in [0.3, 0.4) is 0 Å². The maximum Gasteiger partial charge on any atom is 0.261 e. The number of halogens is 1. The molecule has 0 aromatic heterocycles. The third-order valence-corrected chi connectivity index (χ3v) is 9.48. The second kappa shape index (κ2) is 8.10. The van der Waals surface area contributed by atoms with Gasteiger partial charge in [0.1, 0.15) is 0 Å². The normalized spacial score (nSPS) is 12.2. The van der Waals surface area contributed by atoms with Crippen molar-refractivity contribution in [1.29, 1.82) is 0 Å². The van der Waals surface area contributed by atoms with Gasteiger partial charge in [-0.05, 0) is 33.4 Å². The molecule has 0 aliphatic carbocycles. The molecule has 0 atom stereocenters. The fraction of sp³-hybridized carbons (Fsp3) is 0.350. The van der Waals surface area contributed by atoms with Crippen LogP contribution in [0.1, 0.15) is 33.6 Å². The van der Waals surface area contributed by atoms with E-state index in [4.69, 9.17) is 16.0 Å². The molecule has 0 amide bonds. The predicted molar refractivity (Wildman–Crippen MR) is 104 cm³/mol. The first-order valence-corrected chi connectivity index (χ1v) is 10.6. The Morgan fingerprint density at radius 1 is 0.958 bits per heavy atom. The van der Waals surface area contributed by atoms with E-state index >= 15 is 0 Å². The minimum Gasteiger partial charge on any atom is -0.407 e. The van der Waals surface area contributed by atoms with Crippen molar-refractivity contribution >= 4 is 35.5 Å². The third-order valence-electron chi connectivity index (χ3n) is 4.25. The summed E-state index contributed by atoms with van der Waals surface area (Å²) in [6.45, 7) is 7.26. The van der Waals surface area contributed by atoms with Gasteiger partial charge in [-0.1, -0.05) is 81.4 Å². The average molecular weight is 361 g/mol. The van der Waals surface area contributed by atoms with E-state index in [0.717, 1.165) is 0 Å². The third kappa shape index (κ3) is 4.15. The van der Waals surface area contributed by atoms with Gasteiger partial charge in [0, 0.05) is 13.0 Å². The van der Waals surface area contributed by atoms with Crippen molar-refractivity contribution in [2.24, 2.45) is 0 Å². The highest BCUT2D eigenvalue weighted by Crippen LogP contribution is 2.36. The lowest BCUT2D eigenvalue weighted by Gasteiger charge is -2.43. The summed E-state index contributed by atoms with van der Waals surface area (Å²) in [5.41, 5.74) is 0. The van der Waals surface area contributed by atoms with Crippen molar-refractivity contribution in [3.05, 3.63) is 60.7 Å². The van der Waals surface area contributed by atoms with Crippen LogP contribution in [0, 0.1) is 0 Å². The quantitative estimate of drug-likeness (QED) is 0.422. The van der Waals surface area contributed by atoms with Crippen LogP contribution in [0.15, 0.2) is 60.7 Å². The summed E-state index contributed by atoms with van der Waals surface area (Å²) in [5, 5.41) is 2.16. The summed E-state index contributed by atoms with van der Waals surface area (Å²) in [6.07, 6.45) is 0.993. The van der Waals surface area contributed by atoms with Crippen LogP contribution in [0.4, 0.5) is 0 Å². The molecule has 0 aliphatic rings. The minimum absolute atomic E-state index is 0.0410. The molecule has 2 aromatic rings. The Hall–Kier alpha value is -1.42. The second-order valence-corrected chi connectivity index (χ2v) is 11.7. The zero-order valence-electron chi connectivity index (χ0n) is 14.6. The molecular weight excluding hydrogens is 336 g/mol. The van der Waals surface area contributed by atoms with E-state index in [-0.39, 0.29) is 10.3 Å². The molecule has 0 aliphatic heterocycles. The van der Waals surface area contributed by atoms with Gasteiger partial charge in [-0.2, -0.15) is 0 Å². The number of hydrogen-bond donors (Lipinski definition) is 0. The lowest BCUT2D eigenvalue weighted by molar-refractivity contribution is -0.111. The molecule has 0 spiro atoms. The summed E-state index contributed by atoms with van der Waals surface area (Å²) in [4.78, 5) is 11.0. The number of rotatable bonds is 7. The molecular formula is C20H25ClO2Si. The Morgan fingerprint density at radius 3 is 1.79 bits per heavy atom. The molecule has 0 unspecified atom stereocenters. The molecule has 24 heavy (non-hydrogen) atoms. The maximum atomic E-state index is 11.0. The van der Waals surface area contributed by atoms with Crippen LogP contribution in [0.2, 0.25) is 5.04 Å². The first-order chi connectivity index (χ1) is 11.4. The van der Waals surface area contributed by atoms with E-state index in [9.17, 15) is 4.79 Å². The average Bonchev–Trinajstić information content (AvgIpc) is 2.55. The van der Waals surface area contributed by atoms with Crippen LogP contribution in [-0.2, 0) is 9.22 Å². The molecule has 0 fully saturated rings. The van der Waals surface area contributed by atoms with Crippen LogP contribution in [0.25, 0.3) is 0 Å². The zero-order chi connectivity index (χ0) is 17.6. The number of carbonyl (C=O) groups excluding carboxylic acids is 1. The van der Waals surface area contributed by atoms with Gasteiger partial charge in [0.2, 0.25) is 5.24 Å². The van der Waals surface area contributed by atoms with Gasteiger partial charge < -0.3 is 4.43 Å². The SMILES string of the molecule is CC(C)(C)[Si](OCCCC(=O)Cl)(c1ccccc1)c1ccccc1. The lowest BCUT2D eigenvalue weighted by Crippen LogP contribution is -2.66. The molecule has 2 aromatic carbocycles. The maximum absolute atomic E-state index is 11.0. The highest BCUT2D eigenvalue weighted by Gasteiger charge is 2.49. The zero-order valence-corrected chi connectivity index (χ0v) is 16.3. The number of hydrogen-bond acceptors (Lipinski definition) is 2. The summed E-state index contributed by atoms with van der Waals surface area (Å²) in [7, 11) is -2.48. The fourth-order valence-corrected chi connectivity index (χ4v) is 7.94. The second-order valence-electron chi connectivity index (χ2n) is 6.97. The van der Waals surface area contributed by atoms with Crippen molar-refractivity contribution in [2.75, 3.05) is 6.61 Å². The van der Waals surface area contributed by atoms with Crippen molar-refractivity contribution in [2.45, 2.75) is 38.7 Å². The van der Waals surface area contributed by atoms with Crippen molar-refractivity contribution in [3.63, 3.8) is 0 Å². The van der Waals surface area contributed by atoms with Gasteiger partial charge in [0.25, 0.3) is 8.32 Å². The van der Waals surface area contributed by atoms with E-state index in [1.54, 1.807) is 0 Å². The van der Waals surface area contributed by atoms with Gasteiger partial charge in [-0.25, -0.2) is 0 Å². The summed E-state index contributed by atoms with van der Waals surface area (Å²) < 4.78 is 6.64. The molecule has 0 bridgehead atoms.